The van der Waals surface area contributed by atoms with Gasteiger partial charge in [0.2, 0.25) is 5.91 Å². The second-order valence-electron chi connectivity index (χ2n) is 4.53. The van der Waals surface area contributed by atoms with Crippen LogP contribution in [-0.2, 0) is 4.79 Å². The van der Waals surface area contributed by atoms with Gasteiger partial charge in [-0.25, -0.2) is 9.97 Å². The fourth-order valence-corrected chi connectivity index (χ4v) is 2.40. The molecule has 0 saturated carbocycles. The number of hydrogen-bond acceptors (Lipinski definition) is 4. The van der Waals surface area contributed by atoms with Crippen molar-refractivity contribution in [1.82, 2.24) is 9.97 Å². The van der Waals surface area contributed by atoms with E-state index in [1.807, 2.05) is 39.0 Å². The molecule has 0 saturated heterocycles. The minimum atomic E-state index is -0.252. The van der Waals surface area contributed by atoms with Crippen LogP contribution in [0.4, 0.5) is 5.69 Å². The summed E-state index contributed by atoms with van der Waals surface area (Å²) in [5.41, 5.74) is 3.11. The van der Waals surface area contributed by atoms with Crippen LogP contribution in [0.2, 0.25) is 0 Å². The zero-order valence-electron chi connectivity index (χ0n) is 11.8. The Kier molecular flexibility index (Phi) is 4.74. The van der Waals surface area contributed by atoms with Crippen molar-refractivity contribution in [2.45, 2.75) is 31.2 Å². The molecule has 1 unspecified atom stereocenters. The summed E-state index contributed by atoms with van der Waals surface area (Å²) in [7, 11) is 0. The number of hydrogen-bond donors (Lipinski definition) is 1. The monoisotopic (exact) mass is 287 g/mol. The van der Waals surface area contributed by atoms with E-state index in [0.717, 1.165) is 16.8 Å². The lowest BCUT2D eigenvalue weighted by Gasteiger charge is -2.13. The fourth-order valence-electron chi connectivity index (χ4n) is 1.68. The average Bonchev–Trinajstić information content (AvgIpc) is 2.45. The van der Waals surface area contributed by atoms with Crippen molar-refractivity contribution in [3.8, 4) is 0 Å². The molecule has 1 aromatic heterocycles. The molecule has 1 N–H and O–H groups in total. The SMILES string of the molecule is Cc1cccc(NC(=O)C(C)Sc2ncccn2)c1C. The van der Waals surface area contributed by atoms with Gasteiger partial charge in [-0.2, -0.15) is 0 Å². The van der Waals surface area contributed by atoms with Gasteiger partial charge in [0.25, 0.3) is 0 Å². The Morgan fingerprint density at radius 2 is 1.90 bits per heavy atom. The van der Waals surface area contributed by atoms with Crippen LogP contribution in [0.3, 0.4) is 0 Å². The van der Waals surface area contributed by atoms with Crippen LogP contribution in [0.15, 0.2) is 41.8 Å². The van der Waals surface area contributed by atoms with Crippen molar-refractivity contribution in [1.29, 1.82) is 0 Å². The normalized spacial score (nSPS) is 11.9. The highest BCUT2D eigenvalue weighted by atomic mass is 32.2. The van der Waals surface area contributed by atoms with E-state index in [-0.39, 0.29) is 11.2 Å². The maximum absolute atomic E-state index is 12.2. The summed E-state index contributed by atoms with van der Waals surface area (Å²) < 4.78 is 0. The van der Waals surface area contributed by atoms with E-state index in [1.54, 1.807) is 18.5 Å². The molecule has 1 heterocycles. The summed E-state index contributed by atoms with van der Waals surface area (Å²) in [6.45, 7) is 5.88. The van der Waals surface area contributed by atoms with Crippen LogP contribution >= 0.6 is 11.8 Å². The number of aryl methyl sites for hydroxylation is 1. The van der Waals surface area contributed by atoms with Crippen LogP contribution in [0.25, 0.3) is 0 Å². The Morgan fingerprint density at radius 1 is 1.20 bits per heavy atom. The van der Waals surface area contributed by atoms with E-state index < -0.39 is 0 Å². The lowest BCUT2D eigenvalue weighted by Crippen LogP contribution is -2.23. The lowest BCUT2D eigenvalue weighted by atomic mass is 10.1. The number of rotatable bonds is 4. The average molecular weight is 287 g/mol. The minimum Gasteiger partial charge on any atom is -0.325 e. The third-order valence-electron chi connectivity index (χ3n) is 3.06. The van der Waals surface area contributed by atoms with Gasteiger partial charge in [-0.05, 0) is 44.0 Å². The molecule has 0 spiro atoms. The smallest absolute Gasteiger partial charge is 0.237 e. The van der Waals surface area contributed by atoms with Crippen LogP contribution in [0.1, 0.15) is 18.1 Å². The summed E-state index contributed by atoms with van der Waals surface area (Å²) in [5.74, 6) is -0.0452. The van der Waals surface area contributed by atoms with E-state index in [0.29, 0.717) is 5.16 Å². The third kappa shape index (κ3) is 3.57. The highest BCUT2D eigenvalue weighted by Gasteiger charge is 2.16. The van der Waals surface area contributed by atoms with Crippen LogP contribution in [0, 0.1) is 13.8 Å². The summed E-state index contributed by atoms with van der Waals surface area (Å²) in [6.07, 6.45) is 3.34. The van der Waals surface area contributed by atoms with Crippen LogP contribution in [-0.4, -0.2) is 21.1 Å². The van der Waals surface area contributed by atoms with Crippen molar-refractivity contribution in [2.24, 2.45) is 0 Å². The number of nitrogens with one attached hydrogen (secondary N) is 1. The van der Waals surface area contributed by atoms with E-state index in [2.05, 4.69) is 15.3 Å². The molecule has 0 radical (unpaired) electrons. The van der Waals surface area contributed by atoms with Gasteiger partial charge in [0.05, 0.1) is 5.25 Å². The Labute approximate surface area is 123 Å². The number of benzene rings is 1. The van der Waals surface area contributed by atoms with Gasteiger partial charge in [0.15, 0.2) is 5.16 Å². The van der Waals surface area contributed by atoms with E-state index in [1.165, 1.54) is 11.8 Å². The maximum atomic E-state index is 12.2. The number of carbonyl (C=O) groups is 1. The van der Waals surface area contributed by atoms with E-state index in [9.17, 15) is 4.79 Å². The summed E-state index contributed by atoms with van der Waals surface area (Å²) >= 11 is 1.35. The predicted molar refractivity (Wildman–Crippen MR) is 81.9 cm³/mol. The van der Waals surface area contributed by atoms with Gasteiger partial charge in [0.1, 0.15) is 0 Å². The van der Waals surface area contributed by atoms with E-state index in [4.69, 9.17) is 0 Å². The number of aromatic nitrogens is 2. The first-order valence-corrected chi connectivity index (χ1v) is 7.26. The van der Waals surface area contributed by atoms with E-state index >= 15 is 0 Å². The number of anilines is 1. The van der Waals surface area contributed by atoms with Crippen molar-refractivity contribution >= 4 is 23.4 Å². The molecule has 0 bridgehead atoms. The highest BCUT2D eigenvalue weighted by molar-refractivity contribution is 8.00. The van der Waals surface area contributed by atoms with Gasteiger partial charge in [-0.15, -0.1) is 0 Å². The van der Waals surface area contributed by atoms with Gasteiger partial charge < -0.3 is 5.32 Å². The third-order valence-corrected chi connectivity index (χ3v) is 4.05. The molecule has 0 aliphatic heterocycles. The number of nitrogens with zero attached hydrogens (tertiary/aromatic N) is 2. The number of thioether (sulfide) groups is 1. The number of amides is 1. The second kappa shape index (κ2) is 6.52. The van der Waals surface area contributed by atoms with Crippen molar-refractivity contribution in [2.75, 3.05) is 5.32 Å². The molecule has 1 amide bonds. The summed E-state index contributed by atoms with van der Waals surface area (Å²) in [4.78, 5) is 20.4. The molecule has 1 atom stereocenters. The zero-order chi connectivity index (χ0) is 14.5. The first-order chi connectivity index (χ1) is 9.58. The number of carbonyl (C=O) groups excluding carboxylic acids is 1. The Morgan fingerprint density at radius 3 is 2.60 bits per heavy atom. The molecule has 2 aromatic rings. The first-order valence-electron chi connectivity index (χ1n) is 6.38. The zero-order valence-corrected chi connectivity index (χ0v) is 12.6. The molecular formula is C15H17N3OS. The van der Waals surface area contributed by atoms with Crippen LogP contribution < -0.4 is 5.32 Å². The Hall–Kier alpha value is -1.88. The van der Waals surface area contributed by atoms with Crippen molar-refractivity contribution in [3.63, 3.8) is 0 Å². The topological polar surface area (TPSA) is 54.9 Å². The fraction of sp³-hybridized carbons (Fsp3) is 0.267. The Bertz CT molecular complexity index is 601. The minimum absolute atomic E-state index is 0.0452. The Balaban J connectivity index is 2.03. The molecule has 20 heavy (non-hydrogen) atoms. The van der Waals surface area contributed by atoms with Crippen LogP contribution in [0.5, 0.6) is 0 Å². The van der Waals surface area contributed by atoms with Crippen molar-refractivity contribution in [3.05, 3.63) is 47.8 Å². The molecule has 0 fully saturated rings. The standard InChI is InChI=1S/C15H17N3OS/c1-10-6-4-7-13(11(10)2)18-14(19)12(3)20-15-16-8-5-9-17-15/h4-9,12H,1-3H3,(H,18,19). The second-order valence-corrected chi connectivity index (χ2v) is 5.84. The maximum Gasteiger partial charge on any atom is 0.237 e. The molecule has 0 aliphatic rings. The summed E-state index contributed by atoms with van der Waals surface area (Å²) in [6, 6.07) is 7.64. The van der Waals surface area contributed by atoms with Gasteiger partial charge in [0, 0.05) is 18.1 Å². The molecule has 4 nitrogen and oxygen atoms in total. The molecule has 104 valence electrons. The summed E-state index contributed by atoms with van der Waals surface area (Å²) in [5, 5.41) is 3.31. The van der Waals surface area contributed by atoms with Crippen molar-refractivity contribution < 1.29 is 4.79 Å². The lowest BCUT2D eigenvalue weighted by molar-refractivity contribution is -0.115. The first kappa shape index (κ1) is 14.5. The molecule has 1 aromatic carbocycles. The largest absolute Gasteiger partial charge is 0.325 e. The predicted octanol–water partition coefficient (Wildman–Crippen LogP) is 3.21. The molecular weight excluding hydrogens is 270 g/mol. The highest BCUT2D eigenvalue weighted by Crippen LogP contribution is 2.22. The van der Waals surface area contributed by atoms with Gasteiger partial charge in [-0.3, -0.25) is 4.79 Å². The molecule has 0 aliphatic carbocycles. The van der Waals surface area contributed by atoms with Gasteiger partial charge in [-0.1, -0.05) is 23.9 Å². The quantitative estimate of drug-likeness (QED) is 0.693. The molecule has 5 heteroatoms. The molecule has 2 rings (SSSR count). The van der Waals surface area contributed by atoms with Gasteiger partial charge >= 0.3 is 0 Å².